The van der Waals surface area contributed by atoms with Crippen molar-refractivity contribution in [1.82, 2.24) is 4.98 Å². The fraction of sp³-hybridized carbons (Fsp3) is 0. The zero-order valence-corrected chi connectivity index (χ0v) is 13.5. The van der Waals surface area contributed by atoms with Crippen LogP contribution in [0, 0.1) is 11.6 Å². The lowest BCUT2D eigenvalue weighted by molar-refractivity contribution is 0.102. The van der Waals surface area contributed by atoms with Crippen molar-refractivity contribution in [2.24, 2.45) is 0 Å². The van der Waals surface area contributed by atoms with Crippen molar-refractivity contribution in [1.29, 1.82) is 0 Å². The highest BCUT2D eigenvalue weighted by Gasteiger charge is 2.11. The molecule has 0 atom stereocenters. The molecule has 0 saturated carbocycles. The number of nitrogens with zero attached hydrogens (tertiary/aromatic N) is 1. The van der Waals surface area contributed by atoms with Gasteiger partial charge in [-0.1, -0.05) is 23.7 Å². The Balaban J connectivity index is 1.80. The number of carbonyl (C=O) groups excluding carboxylic acids is 1. The van der Waals surface area contributed by atoms with Gasteiger partial charge >= 0.3 is 0 Å². The Bertz CT molecular complexity index is 913. The highest BCUT2D eigenvalue weighted by molar-refractivity contribution is 6.30. The minimum atomic E-state index is -0.742. The Kier molecular flexibility index (Phi) is 4.90. The molecular formula is C18H12ClF2N3O. The molecule has 0 unspecified atom stereocenters. The number of nitrogens with one attached hydrogen (secondary N) is 2. The second-order valence-electron chi connectivity index (χ2n) is 5.15. The van der Waals surface area contributed by atoms with Gasteiger partial charge in [0.1, 0.15) is 17.3 Å². The number of carbonyl (C=O) groups is 1. The van der Waals surface area contributed by atoms with E-state index in [-0.39, 0.29) is 16.9 Å². The Morgan fingerprint density at radius 1 is 0.960 bits per heavy atom. The average molecular weight is 360 g/mol. The summed E-state index contributed by atoms with van der Waals surface area (Å²) in [6.07, 6.45) is 2.71. The molecule has 0 aliphatic rings. The van der Waals surface area contributed by atoms with Gasteiger partial charge in [0.15, 0.2) is 0 Å². The first-order valence-corrected chi connectivity index (χ1v) is 7.64. The maximum Gasteiger partial charge on any atom is 0.257 e. The summed E-state index contributed by atoms with van der Waals surface area (Å²) in [6, 6.07) is 11.7. The van der Waals surface area contributed by atoms with Crippen molar-refractivity contribution < 1.29 is 13.6 Å². The molecule has 2 aromatic carbocycles. The number of benzene rings is 2. The monoisotopic (exact) mass is 359 g/mol. The van der Waals surface area contributed by atoms with Gasteiger partial charge in [-0.25, -0.2) is 8.78 Å². The number of aromatic nitrogens is 1. The van der Waals surface area contributed by atoms with Crippen LogP contribution in [-0.2, 0) is 0 Å². The van der Waals surface area contributed by atoms with E-state index in [1.165, 1.54) is 24.5 Å². The minimum Gasteiger partial charge on any atom is -0.349 e. The van der Waals surface area contributed by atoms with Gasteiger partial charge in [-0.05, 0) is 36.4 Å². The van der Waals surface area contributed by atoms with Gasteiger partial charge in [0, 0.05) is 16.9 Å². The SMILES string of the molecule is O=C(Nc1cccc(Cl)c1)c1cncc(Nc2c(F)cccc2F)c1. The standard InChI is InChI=1S/C18H12ClF2N3O/c19-12-3-1-4-13(8-12)24-18(25)11-7-14(10-22-9-11)23-17-15(20)5-2-6-16(17)21/h1-10,23H,(H,24,25). The summed E-state index contributed by atoms with van der Waals surface area (Å²) in [7, 11) is 0. The molecule has 0 radical (unpaired) electrons. The summed E-state index contributed by atoms with van der Waals surface area (Å²) in [4.78, 5) is 16.2. The third-order valence-electron chi connectivity index (χ3n) is 3.32. The Hall–Kier alpha value is -2.99. The topological polar surface area (TPSA) is 54.0 Å². The highest BCUT2D eigenvalue weighted by Crippen LogP contribution is 2.23. The van der Waals surface area contributed by atoms with Crippen LogP contribution in [0.4, 0.5) is 25.8 Å². The predicted octanol–water partition coefficient (Wildman–Crippen LogP) is 5.01. The van der Waals surface area contributed by atoms with Gasteiger partial charge < -0.3 is 10.6 Å². The zero-order valence-electron chi connectivity index (χ0n) is 12.8. The van der Waals surface area contributed by atoms with E-state index in [1.54, 1.807) is 24.3 Å². The van der Waals surface area contributed by atoms with Gasteiger partial charge in [-0.2, -0.15) is 0 Å². The fourth-order valence-corrected chi connectivity index (χ4v) is 2.35. The second-order valence-corrected chi connectivity index (χ2v) is 5.58. The predicted molar refractivity (Wildman–Crippen MR) is 93.3 cm³/mol. The number of pyridine rings is 1. The van der Waals surface area contributed by atoms with Gasteiger partial charge in [0.2, 0.25) is 0 Å². The molecule has 3 aromatic rings. The summed E-state index contributed by atoms with van der Waals surface area (Å²) < 4.78 is 27.4. The van der Waals surface area contributed by atoms with Crippen LogP contribution in [0.5, 0.6) is 0 Å². The molecule has 0 bridgehead atoms. The van der Waals surface area contributed by atoms with E-state index >= 15 is 0 Å². The summed E-state index contributed by atoms with van der Waals surface area (Å²) in [5.41, 5.74) is 0.720. The lowest BCUT2D eigenvalue weighted by Gasteiger charge is -2.10. The number of amides is 1. The lowest BCUT2D eigenvalue weighted by Crippen LogP contribution is -2.12. The molecule has 4 nitrogen and oxygen atoms in total. The molecule has 2 N–H and O–H groups in total. The number of hydrogen-bond acceptors (Lipinski definition) is 3. The first-order valence-electron chi connectivity index (χ1n) is 7.26. The number of halogens is 3. The van der Waals surface area contributed by atoms with Crippen LogP contribution >= 0.6 is 11.6 Å². The van der Waals surface area contributed by atoms with E-state index in [0.29, 0.717) is 10.7 Å². The highest BCUT2D eigenvalue weighted by atomic mass is 35.5. The van der Waals surface area contributed by atoms with Crippen LogP contribution in [0.2, 0.25) is 5.02 Å². The Morgan fingerprint density at radius 2 is 1.68 bits per heavy atom. The van der Waals surface area contributed by atoms with Crippen LogP contribution in [0.25, 0.3) is 0 Å². The maximum absolute atomic E-state index is 13.7. The van der Waals surface area contributed by atoms with E-state index in [1.807, 2.05) is 0 Å². The van der Waals surface area contributed by atoms with Crippen molar-refractivity contribution in [3.63, 3.8) is 0 Å². The van der Waals surface area contributed by atoms with Gasteiger partial charge in [0.05, 0.1) is 17.4 Å². The summed E-state index contributed by atoms with van der Waals surface area (Å²) in [6.45, 7) is 0. The van der Waals surface area contributed by atoms with Gasteiger partial charge in [0.25, 0.3) is 5.91 Å². The molecule has 1 aromatic heterocycles. The molecule has 0 aliphatic carbocycles. The maximum atomic E-state index is 13.7. The molecule has 0 aliphatic heterocycles. The number of rotatable bonds is 4. The first kappa shape index (κ1) is 16.9. The summed E-state index contributed by atoms with van der Waals surface area (Å²) >= 11 is 5.87. The first-order chi connectivity index (χ1) is 12.0. The number of para-hydroxylation sites is 1. The van der Waals surface area contributed by atoms with E-state index in [0.717, 1.165) is 12.1 Å². The molecule has 0 fully saturated rings. The van der Waals surface area contributed by atoms with E-state index in [4.69, 9.17) is 11.6 Å². The van der Waals surface area contributed by atoms with Crippen molar-refractivity contribution in [2.45, 2.75) is 0 Å². The lowest BCUT2D eigenvalue weighted by atomic mass is 10.2. The molecule has 25 heavy (non-hydrogen) atoms. The van der Waals surface area contributed by atoms with Crippen LogP contribution in [0.15, 0.2) is 60.9 Å². The van der Waals surface area contributed by atoms with Crippen molar-refractivity contribution in [3.8, 4) is 0 Å². The molecule has 7 heteroatoms. The van der Waals surface area contributed by atoms with Crippen molar-refractivity contribution >= 4 is 34.6 Å². The van der Waals surface area contributed by atoms with E-state index in [2.05, 4.69) is 15.6 Å². The van der Waals surface area contributed by atoms with Crippen LogP contribution in [-0.4, -0.2) is 10.9 Å². The minimum absolute atomic E-state index is 0.224. The van der Waals surface area contributed by atoms with Crippen molar-refractivity contribution in [2.75, 3.05) is 10.6 Å². The van der Waals surface area contributed by atoms with E-state index in [9.17, 15) is 13.6 Å². The Morgan fingerprint density at radius 3 is 2.40 bits per heavy atom. The molecule has 126 valence electrons. The zero-order chi connectivity index (χ0) is 17.8. The summed E-state index contributed by atoms with van der Waals surface area (Å²) in [5.74, 6) is -1.91. The second kappa shape index (κ2) is 7.27. The molecule has 0 saturated heterocycles. The largest absolute Gasteiger partial charge is 0.349 e. The van der Waals surface area contributed by atoms with Crippen molar-refractivity contribution in [3.05, 3.63) is 83.1 Å². The third-order valence-corrected chi connectivity index (χ3v) is 3.55. The van der Waals surface area contributed by atoms with Crippen LogP contribution in [0.3, 0.4) is 0 Å². The average Bonchev–Trinajstić information content (AvgIpc) is 2.58. The van der Waals surface area contributed by atoms with Gasteiger partial charge in [-0.3, -0.25) is 9.78 Å². The molecule has 1 amide bonds. The molecule has 1 heterocycles. The summed E-state index contributed by atoms with van der Waals surface area (Å²) in [5, 5.41) is 5.76. The molecule has 3 rings (SSSR count). The third kappa shape index (κ3) is 4.10. The number of anilines is 3. The number of hydrogen-bond donors (Lipinski definition) is 2. The molecular weight excluding hydrogens is 348 g/mol. The normalized spacial score (nSPS) is 10.4. The fourth-order valence-electron chi connectivity index (χ4n) is 2.16. The van der Waals surface area contributed by atoms with Crippen LogP contribution in [0.1, 0.15) is 10.4 Å². The quantitative estimate of drug-likeness (QED) is 0.688. The molecule has 0 spiro atoms. The van der Waals surface area contributed by atoms with Gasteiger partial charge in [-0.15, -0.1) is 0 Å². The Labute approximate surface area is 147 Å². The van der Waals surface area contributed by atoms with Crippen LogP contribution < -0.4 is 10.6 Å². The van der Waals surface area contributed by atoms with E-state index < -0.39 is 17.5 Å². The smallest absolute Gasteiger partial charge is 0.257 e.